The zero-order chi connectivity index (χ0) is 10.1. The molecule has 4 nitrogen and oxygen atoms in total. The fraction of sp³-hybridized carbons (Fsp3) is 0.200. The van der Waals surface area contributed by atoms with Crippen LogP contribution in [0.25, 0.3) is 0 Å². The molecule has 0 aromatic heterocycles. The van der Waals surface area contributed by atoms with Gasteiger partial charge in [0, 0.05) is 12.1 Å². The number of benzene rings is 1. The first-order valence-electron chi connectivity index (χ1n) is 4.25. The zero-order valence-corrected chi connectivity index (χ0v) is 7.42. The van der Waals surface area contributed by atoms with Crippen molar-refractivity contribution in [1.82, 2.24) is 0 Å². The molecule has 2 atom stereocenters. The van der Waals surface area contributed by atoms with E-state index in [2.05, 4.69) is 6.58 Å². The first kappa shape index (κ1) is 8.90. The van der Waals surface area contributed by atoms with Crippen molar-refractivity contribution >= 4 is 5.69 Å². The van der Waals surface area contributed by atoms with Gasteiger partial charge in [0.05, 0.1) is 4.92 Å². The summed E-state index contributed by atoms with van der Waals surface area (Å²) in [4.78, 5) is 9.96. The van der Waals surface area contributed by atoms with Crippen molar-refractivity contribution in [2.24, 2.45) is 0 Å². The molecule has 1 heterocycles. The van der Waals surface area contributed by atoms with Gasteiger partial charge < -0.3 is 4.74 Å². The maximum atomic E-state index is 10.4. The predicted molar refractivity (Wildman–Crippen MR) is 50.9 cm³/mol. The first-order chi connectivity index (χ1) is 6.72. The number of rotatable bonds is 3. The van der Waals surface area contributed by atoms with Crippen molar-refractivity contribution in [1.29, 1.82) is 0 Å². The molecule has 0 saturated carbocycles. The molecule has 1 aliphatic rings. The zero-order valence-electron chi connectivity index (χ0n) is 7.42. The van der Waals surface area contributed by atoms with E-state index in [0.717, 1.165) is 5.56 Å². The quantitative estimate of drug-likeness (QED) is 0.318. The molecule has 4 heteroatoms. The summed E-state index contributed by atoms with van der Waals surface area (Å²) in [6.07, 6.45) is 1.83. The molecular formula is C10H9NO3. The minimum absolute atomic E-state index is 0.0355. The van der Waals surface area contributed by atoms with E-state index in [-0.39, 0.29) is 17.9 Å². The van der Waals surface area contributed by atoms with E-state index in [4.69, 9.17) is 4.74 Å². The van der Waals surface area contributed by atoms with Crippen LogP contribution < -0.4 is 0 Å². The maximum absolute atomic E-state index is 10.4. The number of nitrogens with zero attached hydrogens (tertiary/aromatic N) is 1. The number of hydrogen-bond donors (Lipinski definition) is 0. The van der Waals surface area contributed by atoms with E-state index in [1.807, 2.05) is 0 Å². The minimum Gasteiger partial charge on any atom is -0.360 e. The Hall–Kier alpha value is -1.68. The number of hydrogen-bond acceptors (Lipinski definition) is 3. The Morgan fingerprint density at radius 3 is 2.50 bits per heavy atom. The Morgan fingerprint density at radius 2 is 2.07 bits per heavy atom. The van der Waals surface area contributed by atoms with E-state index in [1.165, 1.54) is 12.1 Å². The minimum atomic E-state index is -0.414. The average Bonchev–Trinajstić information content (AvgIpc) is 2.97. The van der Waals surface area contributed by atoms with E-state index in [9.17, 15) is 10.1 Å². The summed E-state index contributed by atoms with van der Waals surface area (Å²) in [5, 5.41) is 10.4. The number of non-ortho nitro benzene ring substituents is 1. The summed E-state index contributed by atoms with van der Waals surface area (Å²) in [6, 6.07) is 6.40. The van der Waals surface area contributed by atoms with Crippen LogP contribution >= 0.6 is 0 Å². The molecule has 0 spiro atoms. The molecule has 1 saturated heterocycles. The number of nitro groups is 1. The highest BCUT2D eigenvalue weighted by Gasteiger charge is 2.37. The molecule has 0 bridgehead atoms. The summed E-state index contributed by atoms with van der Waals surface area (Å²) in [5.41, 5.74) is 1.06. The van der Waals surface area contributed by atoms with Crippen molar-refractivity contribution in [2.75, 3.05) is 0 Å². The average molecular weight is 191 g/mol. The van der Waals surface area contributed by atoms with Gasteiger partial charge in [-0.25, -0.2) is 0 Å². The van der Waals surface area contributed by atoms with Gasteiger partial charge in [-0.15, -0.1) is 6.58 Å². The van der Waals surface area contributed by atoms with Gasteiger partial charge >= 0.3 is 0 Å². The lowest BCUT2D eigenvalue weighted by molar-refractivity contribution is -0.384. The molecule has 0 aliphatic carbocycles. The summed E-state index contributed by atoms with van der Waals surface area (Å²) >= 11 is 0. The van der Waals surface area contributed by atoms with E-state index in [0.29, 0.717) is 0 Å². The Morgan fingerprint density at radius 1 is 1.43 bits per heavy atom. The van der Waals surface area contributed by atoms with Crippen molar-refractivity contribution in [3.63, 3.8) is 0 Å². The summed E-state index contributed by atoms with van der Waals surface area (Å²) < 4.78 is 5.26. The Bertz CT molecular complexity index is 371. The highest BCUT2D eigenvalue weighted by molar-refractivity contribution is 5.35. The largest absolute Gasteiger partial charge is 0.360 e. The van der Waals surface area contributed by atoms with Gasteiger partial charge in [0.15, 0.2) is 0 Å². The topological polar surface area (TPSA) is 55.7 Å². The second-order valence-electron chi connectivity index (χ2n) is 3.11. The van der Waals surface area contributed by atoms with Crippen LogP contribution in [-0.2, 0) is 4.74 Å². The molecule has 0 N–H and O–H groups in total. The highest BCUT2D eigenvalue weighted by Crippen LogP contribution is 2.39. The van der Waals surface area contributed by atoms with Gasteiger partial charge in [-0.2, -0.15) is 0 Å². The first-order valence-corrected chi connectivity index (χ1v) is 4.25. The van der Waals surface area contributed by atoms with Gasteiger partial charge in [-0.3, -0.25) is 10.1 Å². The molecule has 1 aliphatic heterocycles. The van der Waals surface area contributed by atoms with Gasteiger partial charge in [0.25, 0.3) is 5.69 Å². The summed E-state index contributed by atoms with van der Waals surface area (Å²) in [5.74, 6) is 0. The molecule has 1 fully saturated rings. The van der Waals surface area contributed by atoms with Gasteiger partial charge in [-0.05, 0) is 17.7 Å². The lowest BCUT2D eigenvalue weighted by Gasteiger charge is -1.94. The van der Waals surface area contributed by atoms with Crippen molar-refractivity contribution < 1.29 is 9.66 Å². The van der Waals surface area contributed by atoms with Gasteiger partial charge in [-0.1, -0.05) is 6.08 Å². The second-order valence-corrected chi connectivity index (χ2v) is 3.11. The van der Waals surface area contributed by atoms with Crippen LogP contribution in [0, 0.1) is 10.1 Å². The Kier molecular flexibility index (Phi) is 2.05. The van der Waals surface area contributed by atoms with E-state index >= 15 is 0 Å². The van der Waals surface area contributed by atoms with Crippen LogP contribution in [0.2, 0.25) is 0 Å². The van der Waals surface area contributed by atoms with Crippen LogP contribution in [0.1, 0.15) is 11.7 Å². The molecule has 0 radical (unpaired) electrons. The van der Waals surface area contributed by atoms with Gasteiger partial charge in [0.1, 0.15) is 12.2 Å². The second kappa shape index (κ2) is 3.23. The summed E-state index contributed by atoms with van der Waals surface area (Å²) in [6.45, 7) is 3.61. The Balaban J connectivity index is 2.15. The lowest BCUT2D eigenvalue weighted by Crippen LogP contribution is -1.89. The third kappa shape index (κ3) is 1.52. The highest BCUT2D eigenvalue weighted by atomic mass is 16.6. The van der Waals surface area contributed by atoms with Crippen LogP contribution in [0.4, 0.5) is 5.69 Å². The fourth-order valence-corrected chi connectivity index (χ4v) is 1.36. The van der Waals surface area contributed by atoms with Crippen molar-refractivity contribution in [3.8, 4) is 0 Å². The third-order valence-corrected chi connectivity index (χ3v) is 2.19. The molecule has 0 unspecified atom stereocenters. The van der Waals surface area contributed by atoms with Crippen LogP contribution in [0.15, 0.2) is 36.9 Å². The number of ether oxygens (including phenoxy) is 1. The molecule has 2 rings (SSSR count). The normalized spacial score (nSPS) is 24.3. The molecule has 0 amide bonds. The Labute approximate surface area is 81.0 Å². The SMILES string of the molecule is C=C[C@H]1O[C@H]1c1ccc([N+](=O)[O-])cc1. The monoisotopic (exact) mass is 191 g/mol. The molecule has 14 heavy (non-hydrogen) atoms. The van der Waals surface area contributed by atoms with Crippen LogP contribution in [0.5, 0.6) is 0 Å². The van der Waals surface area contributed by atoms with Crippen molar-refractivity contribution in [3.05, 3.63) is 52.6 Å². The van der Waals surface area contributed by atoms with E-state index in [1.54, 1.807) is 18.2 Å². The molecular weight excluding hydrogens is 182 g/mol. The van der Waals surface area contributed by atoms with Crippen LogP contribution in [-0.4, -0.2) is 11.0 Å². The standard InChI is InChI=1S/C10H9NO3/c1-2-9-10(14-9)7-3-5-8(6-4-7)11(12)13/h2-6,9-10H,1H2/t9-,10+/m1/s1. The predicted octanol–water partition coefficient (Wildman–Crippen LogP) is 2.22. The van der Waals surface area contributed by atoms with Crippen LogP contribution in [0.3, 0.4) is 0 Å². The molecule has 1 aromatic rings. The smallest absolute Gasteiger partial charge is 0.269 e. The van der Waals surface area contributed by atoms with Gasteiger partial charge in [0.2, 0.25) is 0 Å². The summed E-state index contributed by atoms with van der Waals surface area (Å²) in [7, 11) is 0. The van der Waals surface area contributed by atoms with E-state index < -0.39 is 4.92 Å². The maximum Gasteiger partial charge on any atom is 0.269 e. The van der Waals surface area contributed by atoms with Crippen molar-refractivity contribution in [2.45, 2.75) is 12.2 Å². The number of nitro benzene ring substituents is 1. The lowest BCUT2D eigenvalue weighted by atomic mass is 10.1. The number of epoxide rings is 1. The molecule has 1 aromatic carbocycles. The third-order valence-electron chi connectivity index (χ3n) is 2.19. The molecule has 72 valence electrons. The fourth-order valence-electron chi connectivity index (χ4n) is 1.36.